The molecule has 0 radical (unpaired) electrons. The zero-order valence-electron chi connectivity index (χ0n) is 10.6. The topological polar surface area (TPSA) is 61.1 Å². The number of thioether (sulfide) groups is 1. The highest BCUT2D eigenvalue weighted by atomic mass is 79.9. The van der Waals surface area contributed by atoms with Gasteiger partial charge in [0.05, 0.1) is 17.2 Å². The number of halogens is 2. The summed E-state index contributed by atoms with van der Waals surface area (Å²) < 4.78 is 14.1. The van der Waals surface area contributed by atoms with E-state index in [-0.39, 0.29) is 11.1 Å². The first-order valence-corrected chi connectivity index (χ1v) is 7.62. The molecule has 2 aromatic rings. The van der Waals surface area contributed by atoms with Crippen molar-refractivity contribution in [2.75, 3.05) is 0 Å². The number of benzene rings is 2. The van der Waals surface area contributed by atoms with Gasteiger partial charge in [-0.05, 0) is 42.0 Å². The van der Waals surface area contributed by atoms with Gasteiger partial charge in [-0.25, -0.2) is 9.18 Å². The minimum atomic E-state index is -1.01. The van der Waals surface area contributed by atoms with Crippen LogP contribution >= 0.6 is 27.7 Å². The van der Waals surface area contributed by atoms with Gasteiger partial charge in [0, 0.05) is 15.1 Å². The third-order valence-electron chi connectivity index (χ3n) is 2.66. The molecule has 0 saturated heterocycles. The molecule has 2 rings (SSSR count). The number of carboxylic acid groups (broad SMARTS) is 1. The summed E-state index contributed by atoms with van der Waals surface area (Å²) in [6.45, 7) is 0. The summed E-state index contributed by atoms with van der Waals surface area (Å²) in [6, 6.07) is 10.9. The lowest BCUT2D eigenvalue weighted by Gasteiger charge is -2.07. The van der Waals surface area contributed by atoms with Gasteiger partial charge in [-0.1, -0.05) is 15.9 Å². The second-order valence-electron chi connectivity index (χ2n) is 4.19. The third-order valence-corrected chi connectivity index (χ3v) is 4.27. The molecule has 6 heteroatoms. The molecule has 21 heavy (non-hydrogen) atoms. The van der Waals surface area contributed by atoms with Crippen molar-refractivity contribution in [1.82, 2.24) is 0 Å². The SMILES string of the molecule is N#Cc1cc(F)cc(CSc2cc(Br)ccc2C(=O)O)c1. The molecule has 0 aliphatic carbocycles. The Morgan fingerprint density at radius 2 is 2.10 bits per heavy atom. The largest absolute Gasteiger partial charge is 0.478 e. The van der Waals surface area contributed by atoms with Crippen LogP contribution in [0.15, 0.2) is 45.8 Å². The highest BCUT2D eigenvalue weighted by Crippen LogP contribution is 2.29. The van der Waals surface area contributed by atoms with E-state index in [1.807, 2.05) is 6.07 Å². The predicted octanol–water partition coefficient (Wildman–Crippen LogP) is 4.45. The van der Waals surface area contributed by atoms with Crippen LogP contribution in [0.1, 0.15) is 21.5 Å². The Morgan fingerprint density at radius 1 is 1.33 bits per heavy atom. The van der Waals surface area contributed by atoms with Crippen LogP contribution in [-0.2, 0) is 5.75 Å². The Bertz CT molecular complexity index is 743. The van der Waals surface area contributed by atoms with Crippen molar-refractivity contribution in [3.63, 3.8) is 0 Å². The van der Waals surface area contributed by atoms with Gasteiger partial charge in [0.15, 0.2) is 0 Å². The smallest absolute Gasteiger partial charge is 0.336 e. The van der Waals surface area contributed by atoms with Crippen LogP contribution in [0.25, 0.3) is 0 Å². The van der Waals surface area contributed by atoms with Gasteiger partial charge in [-0.3, -0.25) is 0 Å². The summed E-state index contributed by atoms with van der Waals surface area (Å²) >= 11 is 4.58. The molecule has 0 aromatic heterocycles. The Balaban J connectivity index is 2.24. The summed E-state index contributed by atoms with van der Waals surface area (Å²) in [5.74, 6) is -1.11. The van der Waals surface area contributed by atoms with Gasteiger partial charge in [0.25, 0.3) is 0 Å². The van der Waals surface area contributed by atoms with Crippen molar-refractivity contribution in [3.05, 3.63) is 63.4 Å². The zero-order valence-corrected chi connectivity index (χ0v) is 13.0. The first-order valence-electron chi connectivity index (χ1n) is 5.85. The molecule has 1 N–H and O–H groups in total. The molecule has 0 fully saturated rings. The van der Waals surface area contributed by atoms with E-state index in [0.29, 0.717) is 16.2 Å². The number of aromatic carboxylic acids is 1. The van der Waals surface area contributed by atoms with Crippen molar-refractivity contribution < 1.29 is 14.3 Å². The van der Waals surface area contributed by atoms with Crippen molar-refractivity contribution in [3.8, 4) is 6.07 Å². The van der Waals surface area contributed by atoms with E-state index < -0.39 is 11.8 Å². The van der Waals surface area contributed by atoms with Crippen molar-refractivity contribution in [2.45, 2.75) is 10.6 Å². The van der Waals surface area contributed by atoms with Gasteiger partial charge in [-0.15, -0.1) is 11.8 Å². The lowest BCUT2D eigenvalue weighted by atomic mass is 10.1. The van der Waals surface area contributed by atoms with Crippen LogP contribution < -0.4 is 0 Å². The minimum Gasteiger partial charge on any atom is -0.478 e. The van der Waals surface area contributed by atoms with E-state index in [0.717, 1.165) is 10.5 Å². The molecule has 0 unspecified atom stereocenters. The number of nitriles is 1. The molecule has 0 atom stereocenters. The molecule has 0 saturated carbocycles. The fourth-order valence-corrected chi connectivity index (χ4v) is 3.27. The lowest BCUT2D eigenvalue weighted by Crippen LogP contribution is -1.99. The Kier molecular flexibility index (Phi) is 4.99. The number of rotatable bonds is 4. The second-order valence-corrected chi connectivity index (χ2v) is 6.13. The minimum absolute atomic E-state index is 0.195. The van der Waals surface area contributed by atoms with Crippen LogP contribution in [-0.4, -0.2) is 11.1 Å². The standard InChI is InChI=1S/C15H9BrFNO2S/c16-11-1-2-13(15(19)20)14(6-11)21-8-10-3-9(7-18)4-12(17)5-10/h1-6H,8H2,(H,19,20). The summed E-state index contributed by atoms with van der Waals surface area (Å²) in [5.41, 5.74) is 1.08. The van der Waals surface area contributed by atoms with Gasteiger partial charge in [-0.2, -0.15) is 5.26 Å². The number of nitrogens with zero attached hydrogens (tertiary/aromatic N) is 1. The molecule has 106 valence electrons. The number of carboxylic acids is 1. The normalized spacial score (nSPS) is 10.1. The molecular weight excluding hydrogens is 357 g/mol. The van der Waals surface area contributed by atoms with E-state index in [2.05, 4.69) is 15.9 Å². The quantitative estimate of drug-likeness (QED) is 0.813. The highest BCUT2D eigenvalue weighted by molar-refractivity contribution is 9.10. The molecular formula is C15H9BrFNO2S. The van der Waals surface area contributed by atoms with Gasteiger partial charge in [0.2, 0.25) is 0 Å². The van der Waals surface area contributed by atoms with Crippen molar-refractivity contribution >= 4 is 33.7 Å². The van der Waals surface area contributed by atoms with E-state index in [4.69, 9.17) is 10.4 Å². The van der Waals surface area contributed by atoms with E-state index in [9.17, 15) is 9.18 Å². The number of hydrogen-bond donors (Lipinski definition) is 1. The molecule has 0 spiro atoms. The summed E-state index contributed by atoms with van der Waals surface area (Å²) in [7, 11) is 0. The lowest BCUT2D eigenvalue weighted by molar-refractivity contribution is 0.0693. The van der Waals surface area contributed by atoms with Gasteiger partial charge >= 0.3 is 5.97 Å². The molecule has 0 bridgehead atoms. The van der Waals surface area contributed by atoms with Crippen molar-refractivity contribution in [1.29, 1.82) is 5.26 Å². The molecule has 0 heterocycles. The number of hydrogen-bond acceptors (Lipinski definition) is 3. The Hall–Kier alpha value is -1.84. The first kappa shape index (κ1) is 15.5. The van der Waals surface area contributed by atoms with Crippen LogP contribution in [0.5, 0.6) is 0 Å². The van der Waals surface area contributed by atoms with E-state index in [1.165, 1.54) is 23.9 Å². The highest BCUT2D eigenvalue weighted by Gasteiger charge is 2.11. The van der Waals surface area contributed by atoms with Gasteiger partial charge < -0.3 is 5.11 Å². The molecule has 0 aliphatic heterocycles. The molecule has 0 amide bonds. The third kappa shape index (κ3) is 4.06. The molecule has 0 aliphatic rings. The van der Waals surface area contributed by atoms with E-state index >= 15 is 0 Å². The maximum Gasteiger partial charge on any atom is 0.336 e. The van der Waals surface area contributed by atoms with Gasteiger partial charge in [0.1, 0.15) is 5.82 Å². The average Bonchev–Trinajstić information content (AvgIpc) is 2.44. The summed E-state index contributed by atoms with van der Waals surface area (Å²) in [4.78, 5) is 11.8. The molecule has 2 aromatic carbocycles. The summed E-state index contributed by atoms with van der Waals surface area (Å²) in [6.07, 6.45) is 0. The maximum atomic E-state index is 13.4. The fourth-order valence-electron chi connectivity index (χ4n) is 1.75. The van der Waals surface area contributed by atoms with Crippen LogP contribution in [0.3, 0.4) is 0 Å². The fraction of sp³-hybridized carbons (Fsp3) is 0.0667. The first-order chi connectivity index (χ1) is 9.99. The molecule has 3 nitrogen and oxygen atoms in total. The average molecular weight is 366 g/mol. The second kappa shape index (κ2) is 6.74. The monoisotopic (exact) mass is 365 g/mol. The summed E-state index contributed by atoms with van der Waals surface area (Å²) in [5, 5.41) is 18.0. The van der Waals surface area contributed by atoms with Crippen LogP contribution in [0.4, 0.5) is 4.39 Å². The van der Waals surface area contributed by atoms with E-state index in [1.54, 1.807) is 18.2 Å². The Morgan fingerprint density at radius 3 is 2.76 bits per heavy atom. The van der Waals surface area contributed by atoms with Crippen LogP contribution in [0, 0.1) is 17.1 Å². The number of carbonyl (C=O) groups is 1. The zero-order chi connectivity index (χ0) is 15.4. The predicted molar refractivity (Wildman–Crippen MR) is 81.8 cm³/mol. The van der Waals surface area contributed by atoms with Crippen LogP contribution in [0.2, 0.25) is 0 Å². The van der Waals surface area contributed by atoms with Crippen molar-refractivity contribution in [2.24, 2.45) is 0 Å². The Labute approximate surface area is 133 Å². The maximum absolute atomic E-state index is 13.4.